The lowest BCUT2D eigenvalue weighted by molar-refractivity contribution is 0.239. The summed E-state index contributed by atoms with van der Waals surface area (Å²) in [7, 11) is 0. The topological polar surface area (TPSA) is 54.3 Å². The van der Waals surface area contributed by atoms with E-state index in [9.17, 15) is 4.79 Å². The summed E-state index contributed by atoms with van der Waals surface area (Å²) in [5.41, 5.74) is 1.48. The third kappa shape index (κ3) is 4.28. The molecule has 0 fully saturated rings. The second kappa shape index (κ2) is 6.89. The molecule has 0 unspecified atom stereocenters. The minimum atomic E-state index is -0.136. The Hall–Kier alpha value is -1.71. The van der Waals surface area contributed by atoms with Gasteiger partial charge in [0.1, 0.15) is 5.76 Å². The first kappa shape index (κ1) is 12.7. The lowest BCUT2D eigenvalue weighted by atomic mass is 9.97. The minimum absolute atomic E-state index is 0.136. The van der Waals surface area contributed by atoms with Crippen LogP contribution in [-0.2, 0) is 6.54 Å². The van der Waals surface area contributed by atoms with Crippen molar-refractivity contribution >= 4 is 6.03 Å². The normalized spacial score (nSPS) is 15.0. The monoisotopic (exact) mass is 248 g/mol. The summed E-state index contributed by atoms with van der Waals surface area (Å²) in [6, 6.07) is 3.51. The molecule has 18 heavy (non-hydrogen) atoms. The maximum Gasteiger partial charge on any atom is 0.315 e. The second-order valence-electron chi connectivity index (χ2n) is 4.55. The first-order chi connectivity index (χ1) is 8.84. The Labute approximate surface area is 107 Å². The number of urea groups is 1. The van der Waals surface area contributed by atoms with E-state index in [2.05, 4.69) is 16.7 Å². The van der Waals surface area contributed by atoms with Crippen molar-refractivity contribution in [3.63, 3.8) is 0 Å². The second-order valence-corrected chi connectivity index (χ2v) is 4.55. The fraction of sp³-hybridized carbons (Fsp3) is 0.500. The number of amides is 2. The molecule has 0 aromatic carbocycles. The summed E-state index contributed by atoms with van der Waals surface area (Å²) >= 11 is 0. The van der Waals surface area contributed by atoms with Gasteiger partial charge in [-0.05, 0) is 44.2 Å². The average Bonchev–Trinajstić information content (AvgIpc) is 2.91. The maximum atomic E-state index is 11.5. The first-order valence-electron chi connectivity index (χ1n) is 6.56. The molecule has 1 aromatic rings. The Balaban J connectivity index is 1.58. The Morgan fingerprint density at radius 1 is 1.33 bits per heavy atom. The van der Waals surface area contributed by atoms with Crippen LogP contribution >= 0.6 is 0 Å². The van der Waals surface area contributed by atoms with Crippen LogP contribution in [0.2, 0.25) is 0 Å². The van der Waals surface area contributed by atoms with Gasteiger partial charge < -0.3 is 15.1 Å². The van der Waals surface area contributed by atoms with Crippen LogP contribution in [0.3, 0.4) is 0 Å². The SMILES string of the molecule is O=C(NCCC1=CCCCC1)NCc1ccco1. The van der Waals surface area contributed by atoms with Crippen LogP contribution in [0.4, 0.5) is 4.79 Å². The van der Waals surface area contributed by atoms with Crippen molar-refractivity contribution in [1.82, 2.24) is 10.6 Å². The van der Waals surface area contributed by atoms with Gasteiger partial charge in [-0.3, -0.25) is 0 Å². The van der Waals surface area contributed by atoms with Crippen LogP contribution in [0.25, 0.3) is 0 Å². The van der Waals surface area contributed by atoms with Gasteiger partial charge >= 0.3 is 6.03 Å². The van der Waals surface area contributed by atoms with Crippen molar-refractivity contribution in [1.29, 1.82) is 0 Å². The molecule has 1 aliphatic carbocycles. The molecule has 1 aliphatic rings. The van der Waals surface area contributed by atoms with Gasteiger partial charge in [0.15, 0.2) is 0 Å². The molecular formula is C14H20N2O2. The van der Waals surface area contributed by atoms with Gasteiger partial charge in [-0.2, -0.15) is 0 Å². The highest BCUT2D eigenvalue weighted by Gasteiger charge is 2.05. The molecule has 1 heterocycles. The van der Waals surface area contributed by atoms with Gasteiger partial charge in [0, 0.05) is 6.54 Å². The van der Waals surface area contributed by atoms with E-state index in [1.54, 1.807) is 6.26 Å². The van der Waals surface area contributed by atoms with Crippen LogP contribution in [-0.4, -0.2) is 12.6 Å². The predicted molar refractivity (Wildman–Crippen MR) is 70.1 cm³/mol. The molecule has 0 atom stereocenters. The summed E-state index contributed by atoms with van der Waals surface area (Å²) in [6.07, 6.45) is 9.86. The highest BCUT2D eigenvalue weighted by atomic mass is 16.3. The Kier molecular flexibility index (Phi) is 4.88. The molecule has 4 heteroatoms. The fourth-order valence-corrected chi connectivity index (χ4v) is 2.11. The molecule has 2 N–H and O–H groups in total. The van der Waals surface area contributed by atoms with Gasteiger partial charge in [-0.1, -0.05) is 11.6 Å². The molecule has 98 valence electrons. The molecule has 0 spiro atoms. The molecule has 0 aliphatic heterocycles. The molecule has 2 amide bonds. The van der Waals surface area contributed by atoms with Crippen LogP contribution in [0.15, 0.2) is 34.5 Å². The number of allylic oxidation sites excluding steroid dienone is 1. The van der Waals surface area contributed by atoms with Crippen molar-refractivity contribution in [2.75, 3.05) is 6.54 Å². The predicted octanol–water partition coefficient (Wildman–Crippen LogP) is 2.97. The lowest BCUT2D eigenvalue weighted by Gasteiger charge is -2.13. The molecule has 1 aromatic heterocycles. The quantitative estimate of drug-likeness (QED) is 0.787. The molecule has 0 radical (unpaired) electrons. The summed E-state index contributed by atoms with van der Waals surface area (Å²) < 4.78 is 5.13. The van der Waals surface area contributed by atoms with Crippen LogP contribution in [0.1, 0.15) is 37.9 Å². The highest BCUT2D eigenvalue weighted by Crippen LogP contribution is 2.19. The van der Waals surface area contributed by atoms with E-state index >= 15 is 0 Å². The van der Waals surface area contributed by atoms with Crippen molar-refractivity contribution in [3.05, 3.63) is 35.8 Å². The summed E-state index contributed by atoms with van der Waals surface area (Å²) in [4.78, 5) is 11.5. The zero-order valence-electron chi connectivity index (χ0n) is 10.6. The van der Waals surface area contributed by atoms with Gasteiger partial charge in [-0.15, -0.1) is 0 Å². The van der Waals surface area contributed by atoms with E-state index in [0.717, 1.165) is 12.2 Å². The van der Waals surface area contributed by atoms with Crippen LogP contribution < -0.4 is 10.6 Å². The van der Waals surface area contributed by atoms with E-state index in [1.807, 2.05) is 12.1 Å². The zero-order chi connectivity index (χ0) is 12.6. The lowest BCUT2D eigenvalue weighted by Crippen LogP contribution is -2.35. The molecule has 4 nitrogen and oxygen atoms in total. The molecule has 2 rings (SSSR count). The van der Waals surface area contributed by atoms with E-state index in [1.165, 1.54) is 31.3 Å². The summed E-state index contributed by atoms with van der Waals surface area (Å²) in [6.45, 7) is 1.14. The van der Waals surface area contributed by atoms with Gasteiger partial charge in [0.05, 0.1) is 12.8 Å². The van der Waals surface area contributed by atoms with E-state index in [4.69, 9.17) is 4.42 Å². The average molecular weight is 248 g/mol. The Morgan fingerprint density at radius 3 is 3.00 bits per heavy atom. The molecular weight excluding hydrogens is 228 g/mol. The molecule has 0 saturated carbocycles. The standard InChI is InChI=1S/C14H20N2O2/c17-14(16-11-13-7-4-10-18-13)15-9-8-12-5-2-1-3-6-12/h4-5,7,10H,1-3,6,8-9,11H2,(H2,15,16,17). The third-order valence-corrected chi connectivity index (χ3v) is 3.12. The van der Waals surface area contributed by atoms with Gasteiger partial charge in [-0.25, -0.2) is 4.79 Å². The molecule has 0 saturated heterocycles. The zero-order valence-corrected chi connectivity index (χ0v) is 10.6. The maximum absolute atomic E-state index is 11.5. The highest BCUT2D eigenvalue weighted by molar-refractivity contribution is 5.73. The van der Waals surface area contributed by atoms with Gasteiger partial charge in [0.2, 0.25) is 0 Å². The fourth-order valence-electron chi connectivity index (χ4n) is 2.11. The minimum Gasteiger partial charge on any atom is -0.467 e. The van der Waals surface area contributed by atoms with E-state index in [-0.39, 0.29) is 6.03 Å². The smallest absolute Gasteiger partial charge is 0.315 e. The van der Waals surface area contributed by atoms with Crippen molar-refractivity contribution in [2.45, 2.75) is 38.6 Å². The molecule has 0 bridgehead atoms. The number of hydrogen-bond acceptors (Lipinski definition) is 2. The van der Waals surface area contributed by atoms with Crippen molar-refractivity contribution < 1.29 is 9.21 Å². The van der Waals surface area contributed by atoms with Gasteiger partial charge in [0.25, 0.3) is 0 Å². The summed E-state index contributed by atoms with van der Waals surface area (Å²) in [5, 5.41) is 5.62. The van der Waals surface area contributed by atoms with Crippen molar-refractivity contribution in [2.24, 2.45) is 0 Å². The number of carbonyl (C=O) groups is 1. The largest absolute Gasteiger partial charge is 0.467 e. The van der Waals surface area contributed by atoms with E-state index < -0.39 is 0 Å². The van der Waals surface area contributed by atoms with Crippen molar-refractivity contribution in [3.8, 4) is 0 Å². The Morgan fingerprint density at radius 2 is 2.28 bits per heavy atom. The first-order valence-corrected chi connectivity index (χ1v) is 6.56. The van der Waals surface area contributed by atoms with E-state index in [0.29, 0.717) is 13.1 Å². The summed E-state index contributed by atoms with van der Waals surface area (Å²) in [5.74, 6) is 0.764. The number of hydrogen-bond donors (Lipinski definition) is 2. The number of furan rings is 1. The number of nitrogens with one attached hydrogen (secondary N) is 2. The third-order valence-electron chi connectivity index (χ3n) is 3.12. The Bertz CT molecular complexity index is 396. The number of rotatable bonds is 5. The van der Waals surface area contributed by atoms with Crippen LogP contribution in [0, 0.1) is 0 Å². The van der Waals surface area contributed by atoms with Crippen LogP contribution in [0.5, 0.6) is 0 Å². The number of carbonyl (C=O) groups excluding carboxylic acids is 1.